The highest BCUT2D eigenvalue weighted by Gasteiger charge is 2.46. The Hall–Kier alpha value is -6.91. The summed E-state index contributed by atoms with van der Waals surface area (Å²) in [6.45, 7) is 9.86. The second-order valence-electron chi connectivity index (χ2n) is 16.9. The van der Waals surface area contributed by atoms with E-state index in [2.05, 4.69) is 218 Å². The molecule has 0 N–H and O–H groups in total. The van der Waals surface area contributed by atoms with E-state index in [1.54, 1.807) is 0 Å². The average Bonchev–Trinajstić information content (AvgIpc) is 3.91. The first-order chi connectivity index (χ1) is 28.3. The second-order valence-corrected chi connectivity index (χ2v) is 16.9. The number of anilines is 3. The van der Waals surface area contributed by atoms with Crippen LogP contribution < -0.4 is 9.80 Å². The van der Waals surface area contributed by atoms with Crippen molar-refractivity contribution in [2.45, 2.75) is 38.6 Å². The highest BCUT2D eigenvalue weighted by atomic mass is 15.4. The fourth-order valence-electron chi connectivity index (χ4n) is 10.00. The Labute approximate surface area is 340 Å². The maximum atomic E-state index is 5.06. The number of nitrogens with zero attached hydrogens (tertiary/aromatic N) is 4. The fourth-order valence-corrected chi connectivity index (χ4v) is 10.00. The number of aryl methyl sites for hydroxylation is 1. The second kappa shape index (κ2) is 12.8. The molecule has 9 aromatic rings. The fraction of sp³-hybridized carbons (Fsp3) is 0.130. The lowest BCUT2D eigenvalue weighted by Gasteiger charge is -2.36. The van der Waals surface area contributed by atoms with E-state index in [4.69, 9.17) is 4.98 Å². The number of aromatic nitrogens is 2. The minimum atomic E-state index is -0.585. The molecule has 0 radical (unpaired) electrons. The number of hydrogen-bond acceptors (Lipinski definition) is 3. The predicted molar refractivity (Wildman–Crippen MR) is 242 cm³/mol. The number of rotatable bonds is 5. The van der Waals surface area contributed by atoms with Gasteiger partial charge in [0.15, 0.2) is 0 Å². The topological polar surface area (TPSA) is 24.3 Å². The van der Waals surface area contributed by atoms with Gasteiger partial charge in [0, 0.05) is 28.2 Å². The molecule has 4 nitrogen and oxygen atoms in total. The van der Waals surface area contributed by atoms with E-state index in [1.165, 1.54) is 72.3 Å². The molecule has 4 heteroatoms. The summed E-state index contributed by atoms with van der Waals surface area (Å²) in [5.74, 6) is 0.906. The molecular weight excluding hydrogens is 705 g/mol. The molecule has 2 aromatic heterocycles. The first-order valence-corrected chi connectivity index (χ1v) is 20.3. The zero-order valence-corrected chi connectivity index (χ0v) is 33.3. The van der Waals surface area contributed by atoms with Crippen molar-refractivity contribution in [3.8, 4) is 28.1 Å². The van der Waals surface area contributed by atoms with Crippen LogP contribution in [0.4, 0.5) is 17.1 Å². The molecule has 280 valence electrons. The van der Waals surface area contributed by atoms with E-state index >= 15 is 0 Å². The lowest BCUT2D eigenvalue weighted by molar-refractivity contribution is 0.518. The summed E-state index contributed by atoms with van der Waals surface area (Å²) in [7, 11) is 0. The molecule has 3 heterocycles. The zero-order valence-electron chi connectivity index (χ0n) is 33.3. The molecule has 2 aliphatic rings. The maximum absolute atomic E-state index is 5.06. The van der Waals surface area contributed by atoms with Crippen LogP contribution in [0.3, 0.4) is 0 Å². The summed E-state index contributed by atoms with van der Waals surface area (Å²) in [6, 6.07) is 65.1. The largest absolute Gasteiger partial charge is 0.347 e. The number of fused-ring (bicyclic) bond motifs is 7. The Kier molecular flexibility index (Phi) is 7.58. The van der Waals surface area contributed by atoms with Crippen LogP contribution in [0, 0.1) is 6.92 Å². The lowest BCUT2D eigenvalue weighted by Crippen LogP contribution is -2.42. The van der Waals surface area contributed by atoms with Gasteiger partial charge in [-0.2, -0.15) is 0 Å². The first kappa shape index (κ1) is 34.3. The van der Waals surface area contributed by atoms with E-state index < -0.39 is 5.41 Å². The van der Waals surface area contributed by atoms with Crippen molar-refractivity contribution in [1.82, 2.24) is 9.55 Å². The Morgan fingerprint density at radius 1 is 0.534 bits per heavy atom. The molecule has 0 saturated heterocycles. The Morgan fingerprint density at radius 3 is 1.93 bits per heavy atom. The van der Waals surface area contributed by atoms with Crippen LogP contribution in [0.15, 0.2) is 182 Å². The third kappa shape index (κ3) is 4.97. The molecule has 1 aliphatic carbocycles. The highest BCUT2D eigenvalue weighted by Crippen LogP contribution is 2.57. The molecule has 58 heavy (non-hydrogen) atoms. The van der Waals surface area contributed by atoms with Crippen LogP contribution in [-0.4, -0.2) is 21.8 Å². The van der Waals surface area contributed by atoms with Gasteiger partial charge in [-0.05, 0) is 126 Å². The van der Waals surface area contributed by atoms with Gasteiger partial charge >= 0.3 is 0 Å². The number of pyridine rings is 1. The molecular formula is C54H44N4. The van der Waals surface area contributed by atoms with Gasteiger partial charge in [0.25, 0.3) is 0 Å². The van der Waals surface area contributed by atoms with E-state index in [1.807, 2.05) is 6.20 Å². The Balaban J connectivity index is 1.17. The molecule has 0 fully saturated rings. The monoisotopic (exact) mass is 748 g/mol. The van der Waals surface area contributed by atoms with Gasteiger partial charge < -0.3 is 9.80 Å². The van der Waals surface area contributed by atoms with E-state index in [-0.39, 0.29) is 5.54 Å². The maximum Gasteiger partial charge on any atom is 0.138 e. The van der Waals surface area contributed by atoms with Gasteiger partial charge in [0.05, 0.1) is 34.5 Å². The third-order valence-electron chi connectivity index (χ3n) is 12.6. The Morgan fingerprint density at radius 2 is 1.17 bits per heavy atom. The molecule has 11 rings (SSSR count). The molecule has 0 saturated carbocycles. The van der Waals surface area contributed by atoms with Crippen LogP contribution in [-0.2, 0) is 5.41 Å². The normalized spacial score (nSPS) is 14.2. The van der Waals surface area contributed by atoms with Crippen molar-refractivity contribution in [1.29, 1.82) is 0 Å². The molecule has 0 spiro atoms. The molecule has 0 bridgehead atoms. The van der Waals surface area contributed by atoms with Crippen molar-refractivity contribution in [3.05, 3.63) is 210 Å². The van der Waals surface area contributed by atoms with Gasteiger partial charge in [0.1, 0.15) is 5.82 Å². The van der Waals surface area contributed by atoms with Gasteiger partial charge in [-0.25, -0.2) is 4.98 Å². The SMILES string of the molecule is Cc1ccccc1-c1ccnc(-n2c3ccccc3c3ccc(C4(c5cccc(N6CN(C(C)(C)C)c7ccccc76)c5)c5ccccc5-c5ccccc54)cc32)c1. The third-order valence-corrected chi connectivity index (χ3v) is 12.6. The van der Waals surface area contributed by atoms with Gasteiger partial charge in [-0.3, -0.25) is 4.57 Å². The quantitative estimate of drug-likeness (QED) is 0.175. The minimum absolute atomic E-state index is 0.0326. The summed E-state index contributed by atoms with van der Waals surface area (Å²) < 4.78 is 2.37. The van der Waals surface area contributed by atoms with Crippen LogP contribution >= 0.6 is 0 Å². The molecule has 0 atom stereocenters. The summed E-state index contributed by atoms with van der Waals surface area (Å²) in [5.41, 5.74) is 16.6. The molecule has 0 unspecified atom stereocenters. The van der Waals surface area contributed by atoms with Crippen LogP contribution in [0.1, 0.15) is 48.6 Å². The summed E-state index contributed by atoms with van der Waals surface area (Å²) in [4.78, 5) is 10.1. The Bertz CT molecular complexity index is 3030. The average molecular weight is 749 g/mol. The molecule has 0 amide bonds. The zero-order chi connectivity index (χ0) is 39.2. The highest BCUT2D eigenvalue weighted by molar-refractivity contribution is 6.09. The predicted octanol–water partition coefficient (Wildman–Crippen LogP) is 13.2. The molecule has 1 aliphatic heterocycles. The van der Waals surface area contributed by atoms with Gasteiger partial charge in [-0.1, -0.05) is 127 Å². The van der Waals surface area contributed by atoms with E-state index in [9.17, 15) is 0 Å². The van der Waals surface area contributed by atoms with Crippen molar-refractivity contribution >= 4 is 38.9 Å². The number of hydrogen-bond donors (Lipinski definition) is 0. The van der Waals surface area contributed by atoms with Crippen molar-refractivity contribution in [2.24, 2.45) is 0 Å². The minimum Gasteiger partial charge on any atom is -0.347 e. The standard InChI is InChI=1S/C54H44N4/c1-36-16-5-6-19-41(36)37-30-31-55-52(32-37)58-48-25-12-9-22-44(48)45-29-28-39(34-51(45)58)54(46-23-10-7-20-42(46)43-21-8-11-24-47(43)54)38-17-15-18-40(33-38)56-35-57(53(2,3)4)50-27-14-13-26-49(50)56/h5-34H,35H2,1-4H3. The smallest absolute Gasteiger partial charge is 0.138 e. The van der Waals surface area contributed by atoms with Crippen LogP contribution in [0.2, 0.25) is 0 Å². The molecule has 7 aromatic carbocycles. The lowest BCUT2D eigenvalue weighted by atomic mass is 9.67. The van der Waals surface area contributed by atoms with Crippen LogP contribution in [0.25, 0.3) is 49.9 Å². The van der Waals surface area contributed by atoms with Crippen molar-refractivity contribution in [3.63, 3.8) is 0 Å². The first-order valence-electron chi connectivity index (χ1n) is 20.3. The summed E-state index contributed by atoms with van der Waals surface area (Å²) >= 11 is 0. The van der Waals surface area contributed by atoms with Gasteiger partial charge in [-0.15, -0.1) is 0 Å². The summed E-state index contributed by atoms with van der Waals surface area (Å²) in [6.07, 6.45) is 1.95. The van der Waals surface area contributed by atoms with Gasteiger partial charge in [0.2, 0.25) is 0 Å². The van der Waals surface area contributed by atoms with E-state index in [0.29, 0.717) is 0 Å². The number of para-hydroxylation sites is 3. The number of benzene rings is 7. The summed E-state index contributed by atoms with van der Waals surface area (Å²) in [5, 5.41) is 2.42. The van der Waals surface area contributed by atoms with Crippen LogP contribution in [0.5, 0.6) is 0 Å². The van der Waals surface area contributed by atoms with E-state index in [0.717, 1.165) is 29.1 Å². The van der Waals surface area contributed by atoms with Crippen molar-refractivity contribution < 1.29 is 0 Å². The van der Waals surface area contributed by atoms with Crippen molar-refractivity contribution in [2.75, 3.05) is 16.5 Å².